The van der Waals surface area contributed by atoms with Crippen molar-refractivity contribution in [3.05, 3.63) is 53.4 Å². The summed E-state index contributed by atoms with van der Waals surface area (Å²) in [6.45, 7) is 1.86. The van der Waals surface area contributed by atoms with E-state index in [2.05, 4.69) is 20.7 Å². The van der Waals surface area contributed by atoms with E-state index in [1.165, 1.54) is 0 Å². The molecule has 0 saturated heterocycles. The third kappa shape index (κ3) is 3.20. The summed E-state index contributed by atoms with van der Waals surface area (Å²) in [5.74, 6) is -1.78. The van der Waals surface area contributed by atoms with E-state index in [0.29, 0.717) is 5.71 Å². The number of aromatic amines is 1. The average Bonchev–Trinajstić information content (AvgIpc) is 3.14. The van der Waals surface area contributed by atoms with Crippen molar-refractivity contribution >= 4 is 11.6 Å². The first-order chi connectivity index (χ1) is 11.0. The Bertz CT molecular complexity index is 741. The van der Waals surface area contributed by atoms with Gasteiger partial charge in [0, 0.05) is 36.4 Å². The summed E-state index contributed by atoms with van der Waals surface area (Å²) >= 11 is 0. The Morgan fingerprint density at radius 2 is 2.13 bits per heavy atom. The van der Waals surface area contributed by atoms with Crippen LogP contribution in [-0.2, 0) is 16.2 Å². The van der Waals surface area contributed by atoms with Crippen molar-refractivity contribution in [2.75, 3.05) is 0 Å². The van der Waals surface area contributed by atoms with E-state index in [4.69, 9.17) is 4.84 Å². The van der Waals surface area contributed by atoms with Gasteiger partial charge in [0.1, 0.15) is 11.6 Å². The lowest BCUT2D eigenvalue weighted by Gasteiger charge is -2.20. The number of oxime groups is 1. The second-order valence-electron chi connectivity index (χ2n) is 5.48. The van der Waals surface area contributed by atoms with Gasteiger partial charge < -0.3 is 10.2 Å². The molecule has 1 aromatic heterocycles. The van der Waals surface area contributed by atoms with Crippen LogP contribution < -0.4 is 5.32 Å². The zero-order chi connectivity index (χ0) is 16.4. The SMILES string of the molecule is CC1(C(=O)NCc2cn[nH]c2)CC(c2cc(F)cc(F)c2)=NO1. The highest BCUT2D eigenvalue weighted by molar-refractivity contribution is 6.05. The van der Waals surface area contributed by atoms with Crippen LogP contribution in [0.2, 0.25) is 0 Å². The molecule has 0 bridgehead atoms. The van der Waals surface area contributed by atoms with Crippen molar-refractivity contribution in [2.45, 2.75) is 25.5 Å². The van der Waals surface area contributed by atoms with Crippen LogP contribution in [0.5, 0.6) is 0 Å². The van der Waals surface area contributed by atoms with Crippen molar-refractivity contribution in [2.24, 2.45) is 5.16 Å². The van der Waals surface area contributed by atoms with E-state index in [1.807, 2.05) is 0 Å². The molecule has 8 heteroatoms. The van der Waals surface area contributed by atoms with Crippen LogP contribution in [0.4, 0.5) is 8.78 Å². The number of hydrogen-bond acceptors (Lipinski definition) is 4. The van der Waals surface area contributed by atoms with Gasteiger partial charge in [-0.1, -0.05) is 5.16 Å². The minimum absolute atomic E-state index is 0.118. The molecule has 6 nitrogen and oxygen atoms in total. The van der Waals surface area contributed by atoms with Gasteiger partial charge in [-0.15, -0.1) is 0 Å². The highest BCUT2D eigenvalue weighted by Gasteiger charge is 2.42. The third-order valence-electron chi connectivity index (χ3n) is 3.55. The molecule has 0 fully saturated rings. The normalized spacial score (nSPS) is 20.0. The Labute approximate surface area is 130 Å². The smallest absolute Gasteiger partial charge is 0.267 e. The molecule has 0 aliphatic carbocycles. The van der Waals surface area contributed by atoms with Crippen LogP contribution in [0.1, 0.15) is 24.5 Å². The van der Waals surface area contributed by atoms with Crippen LogP contribution in [0, 0.1) is 11.6 Å². The maximum absolute atomic E-state index is 13.3. The van der Waals surface area contributed by atoms with Crippen molar-refractivity contribution in [1.29, 1.82) is 0 Å². The molecule has 2 N–H and O–H groups in total. The highest BCUT2D eigenvalue weighted by Crippen LogP contribution is 2.27. The van der Waals surface area contributed by atoms with Crippen LogP contribution in [0.25, 0.3) is 0 Å². The standard InChI is InChI=1S/C15H14F2N4O2/c1-15(14(22)18-6-9-7-19-20-8-9)5-13(21-23-15)10-2-11(16)4-12(17)3-10/h2-4,7-8H,5-6H2,1H3,(H,18,22)(H,19,20). The summed E-state index contributed by atoms with van der Waals surface area (Å²) in [6, 6.07) is 3.08. The van der Waals surface area contributed by atoms with Crippen molar-refractivity contribution < 1.29 is 18.4 Å². The second-order valence-corrected chi connectivity index (χ2v) is 5.48. The lowest BCUT2D eigenvalue weighted by molar-refractivity contribution is -0.141. The number of nitrogens with one attached hydrogen (secondary N) is 2. The Hall–Kier alpha value is -2.77. The lowest BCUT2D eigenvalue weighted by atomic mass is 9.95. The average molecular weight is 320 g/mol. The molecule has 1 aliphatic rings. The van der Waals surface area contributed by atoms with Crippen molar-refractivity contribution in [3.8, 4) is 0 Å². The number of amides is 1. The van der Waals surface area contributed by atoms with Gasteiger partial charge in [-0.3, -0.25) is 9.89 Å². The monoisotopic (exact) mass is 320 g/mol. The Balaban J connectivity index is 1.67. The first-order valence-electron chi connectivity index (χ1n) is 6.94. The van der Waals surface area contributed by atoms with Crippen LogP contribution in [-0.4, -0.2) is 27.4 Å². The molecule has 0 saturated carbocycles. The zero-order valence-corrected chi connectivity index (χ0v) is 12.3. The maximum atomic E-state index is 13.3. The van der Waals surface area contributed by atoms with E-state index in [-0.39, 0.29) is 24.4 Å². The van der Waals surface area contributed by atoms with Gasteiger partial charge in [-0.2, -0.15) is 5.10 Å². The molecule has 1 aliphatic heterocycles. The number of H-pyrrole nitrogens is 1. The van der Waals surface area contributed by atoms with Crippen LogP contribution in [0.3, 0.4) is 0 Å². The fraction of sp³-hybridized carbons (Fsp3) is 0.267. The number of rotatable bonds is 4. The molecular weight excluding hydrogens is 306 g/mol. The maximum Gasteiger partial charge on any atom is 0.267 e. The number of hydrogen-bond donors (Lipinski definition) is 2. The summed E-state index contributed by atoms with van der Waals surface area (Å²) in [5, 5.41) is 13.0. The fourth-order valence-electron chi connectivity index (χ4n) is 2.28. The lowest BCUT2D eigenvalue weighted by Crippen LogP contribution is -2.44. The number of carbonyl (C=O) groups is 1. The molecule has 1 amide bonds. The Morgan fingerprint density at radius 1 is 1.39 bits per heavy atom. The van der Waals surface area contributed by atoms with Crippen LogP contribution in [0.15, 0.2) is 35.7 Å². The summed E-state index contributed by atoms with van der Waals surface area (Å²) in [5.41, 5.74) is 0.175. The minimum atomic E-state index is -1.22. The number of aromatic nitrogens is 2. The quantitative estimate of drug-likeness (QED) is 0.903. The van der Waals surface area contributed by atoms with E-state index in [9.17, 15) is 13.6 Å². The minimum Gasteiger partial charge on any atom is -0.379 e. The van der Waals surface area contributed by atoms with E-state index < -0.39 is 17.2 Å². The largest absolute Gasteiger partial charge is 0.379 e. The Kier molecular flexibility index (Phi) is 3.81. The van der Waals surface area contributed by atoms with E-state index in [0.717, 1.165) is 23.8 Å². The molecule has 0 radical (unpaired) electrons. The molecular formula is C15H14F2N4O2. The van der Waals surface area contributed by atoms with Gasteiger partial charge in [0.2, 0.25) is 5.60 Å². The molecule has 0 spiro atoms. The number of benzene rings is 1. The van der Waals surface area contributed by atoms with Crippen molar-refractivity contribution in [1.82, 2.24) is 15.5 Å². The summed E-state index contributed by atoms with van der Waals surface area (Å²) in [6.07, 6.45) is 3.37. The first kappa shape index (κ1) is 15.1. The van der Waals surface area contributed by atoms with Gasteiger partial charge >= 0.3 is 0 Å². The highest BCUT2D eigenvalue weighted by atomic mass is 19.1. The molecule has 1 aromatic carbocycles. The number of carbonyl (C=O) groups excluding carboxylic acids is 1. The van der Waals surface area contributed by atoms with E-state index in [1.54, 1.807) is 19.3 Å². The second kappa shape index (κ2) is 5.79. The first-order valence-corrected chi connectivity index (χ1v) is 6.94. The molecule has 2 heterocycles. The van der Waals surface area contributed by atoms with Gasteiger partial charge in [0.15, 0.2) is 0 Å². The molecule has 3 rings (SSSR count). The molecule has 2 aromatic rings. The predicted molar refractivity (Wildman–Crippen MR) is 77.4 cm³/mol. The molecule has 1 atom stereocenters. The number of halogens is 2. The third-order valence-corrected chi connectivity index (χ3v) is 3.55. The summed E-state index contributed by atoms with van der Waals surface area (Å²) < 4.78 is 26.6. The molecule has 23 heavy (non-hydrogen) atoms. The zero-order valence-electron chi connectivity index (χ0n) is 12.3. The van der Waals surface area contributed by atoms with Gasteiger partial charge in [-0.05, 0) is 19.1 Å². The van der Waals surface area contributed by atoms with Crippen molar-refractivity contribution in [3.63, 3.8) is 0 Å². The Morgan fingerprint density at radius 3 is 2.78 bits per heavy atom. The topological polar surface area (TPSA) is 79.4 Å². The predicted octanol–water partition coefficient (Wildman–Crippen LogP) is 1.89. The molecule has 1 unspecified atom stereocenters. The molecule has 120 valence electrons. The van der Waals surface area contributed by atoms with Gasteiger partial charge in [0.05, 0.1) is 11.9 Å². The summed E-state index contributed by atoms with van der Waals surface area (Å²) in [4.78, 5) is 17.5. The number of nitrogens with zero attached hydrogens (tertiary/aromatic N) is 2. The van der Waals surface area contributed by atoms with Crippen LogP contribution >= 0.6 is 0 Å². The summed E-state index contributed by atoms with van der Waals surface area (Å²) in [7, 11) is 0. The van der Waals surface area contributed by atoms with Gasteiger partial charge in [-0.25, -0.2) is 8.78 Å². The van der Waals surface area contributed by atoms with Gasteiger partial charge in [0.25, 0.3) is 5.91 Å². The fourth-order valence-corrected chi connectivity index (χ4v) is 2.28. The van der Waals surface area contributed by atoms with E-state index >= 15 is 0 Å².